The molecule has 2 amide bonds. The van der Waals surface area contributed by atoms with E-state index in [1.807, 2.05) is 29.3 Å². The number of nitrogens with one attached hydrogen (secondary N) is 2. The van der Waals surface area contributed by atoms with Crippen molar-refractivity contribution in [3.8, 4) is 5.75 Å². The Labute approximate surface area is 191 Å². The van der Waals surface area contributed by atoms with Gasteiger partial charge in [0.1, 0.15) is 11.6 Å². The zero-order chi connectivity index (χ0) is 22.8. The van der Waals surface area contributed by atoms with Crippen LogP contribution in [0.1, 0.15) is 36.8 Å². The van der Waals surface area contributed by atoms with E-state index in [2.05, 4.69) is 16.4 Å². The molecule has 2 aromatic carbocycles. The Kier molecular flexibility index (Phi) is 5.86. The first-order valence-corrected chi connectivity index (χ1v) is 11.4. The predicted molar refractivity (Wildman–Crippen MR) is 126 cm³/mol. The highest BCUT2D eigenvalue weighted by Crippen LogP contribution is 2.30. The van der Waals surface area contributed by atoms with Crippen molar-refractivity contribution in [1.29, 1.82) is 0 Å². The van der Waals surface area contributed by atoms with E-state index in [1.165, 1.54) is 17.7 Å². The average Bonchev–Trinajstić information content (AvgIpc) is 3.25. The molecule has 3 heterocycles. The third-order valence-corrected chi connectivity index (χ3v) is 6.33. The van der Waals surface area contributed by atoms with E-state index < -0.39 is 0 Å². The molecule has 7 heteroatoms. The summed E-state index contributed by atoms with van der Waals surface area (Å²) in [5.74, 6) is 0.685. The van der Waals surface area contributed by atoms with Gasteiger partial charge in [-0.2, -0.15) is 0 Å². The van der Waals surface area contributed by atoms with Crippen molar-refractivity contribution in [3.63, 3.8) is 0 Å². The van der Waals surface area contributed by atoms with Crippen LogP contribution in [-0.4, -0.2) is 41.4 Å². The zero-order valence-corrected chi connectivity index (χ0v) is 18.3. The highest BCUT2D eigenvalue weighted by Gasteiger charge is 2.19. The van der Waals surface area contributed by atoms with Crippen molar-refractivity contribution in [2.75, 3.05) is 25.0 Å². The van der Waals surface area contributed by atoms with E-state index in [4.69, 9.17) is 4.74 Å². The molecule has 0 saturated heterocycles. The molecule has 170 valence electrons. The van der Waals surface area contributed by atoms with E-state index in [-0.39, 0.29) is 17.6 Å². The number of fused-ring (bicyclic) bond motifs is 2. The predicted octanol–water partition coefficient (Wildman–Crippen LogP) is 4.67. The van der Waals surface area contributed by atoms with Crippen molar-refractivity contribution in [2.24, 2.45) is 0 Å². The summed E-state index contributed by atoms with van der Waals surface area (Å²) in [7, 11) is 0. The number of amides is 2. The van der Waals surface area contributed by atoms with Crippen molar-refractivity contribution in [2.45, 2.75) is 32.1 Å². The van der Waals surface area contributed by atoms with E-state index in [1.54, 1.807) is 6.07 Å². The van der Waals surface area contributed by atoms with Gasteiger partial charge < -0.3 is 19.9 Å². The smallest absolute Gasteiger partial charge is 0.224 e. The Hall–Kier alpha value is -3.61. The number of hydrogen-bond acceptors (Lipinski definition) is 3. The number of aryl methyl sites for hydroxylation is 1. The molecule has 6 nitrogen and oxygen atoms in total. The summed E-state index contributed by atoms with van der Waals surface area (Å²) in [4.78, 5) is 29.1. The lowest BCUT2D eigenvalue weighted by atomic mass is 9.98. The lowest BCUT2D eigenvalue weighted by Gasteiger charge is -2.26. The van der Waals surface area contributed by atoms with Crippen LogP contribution in [0.15, 0.2) is 48.7 Å². The molecule has 0 radical (unpaired) electrons. The minimum Gasteiger partial charge on any atom is -0.494 e. The molecular weight excluding hydrogens is 421 g/mol. The summed E-state index contributed by atoms with van der Waals surface area (Å²) in [5, 5.41) is 3.87. The molecule has 0 aliphatic carbocycles. The summed E-state index contributed by atoms with van der Waals surface area (Å²) in [6.07, 6.45) is 7.09. The number of H-pyrrole nitrogens is 1. The summed E-state index contributed by atoms with van der Waals surface area (Å²) in [5.41, 5.74) is 4.98. The van der Waals surface area contributed by atoms with Crippen LogP contribution >= 0.6 is 0 Å². The molecule has 0 spiro atoms. The summed E-state index contributed by atoms with van der Waals surface area (Å²) < 4.78 is 19.3. The SMILES string of the molecule is O=C1CCc2cc(OCCCC(=O)N3CC=C(c4c[nH]c5cc(F)ccc45)CC3)ccc2N1. The molecule has 33 heavy (non-hydrogen) atoms. The Bertz CT molecular complexity index is 1250. The first-order chi connectivity index (χ1) is 16.1. The number of nitrogens with zero attached hydrogens (tertiary/aromatic N) is 1. The normalized spacial score (nSPS) is 15.7. The number of aromatic amines is 1. The highest BCUT2D eigenvalue weighted by atomic mass is 19.1. The average molecular weight is 448 g/mol. The second-order valence-corrected chi connectivity index (χ2v) is 8.53. The maximum absolute atomic E-state index is 13.4. The third kappa shape index (κ3) is 4.62. The van der Waals surface area contributed by atoms with Gasteiger partial charge in [-0.05, 0) is 66.8 Å². The summed E-state index contributed by atoms with van der Waals surface area (Å²) in [6, 6.07) is 10.5. The monoisotopic (exact) mass is 447 g/mol. The molecule has 0 atom stereocenters. The number of aromatic nitrogens is 1. The largest absolute Gasteiger partial charge is 0.494 e. The Morgan fingerprint density at radius 1 is 1.12 bits per heavy atom. The molecule has 0 unspecified atom stereocenters. The molecule has 0 fully saturated rings. The Morgan fingerprint density at radius 3 is 2.88 bits per heavy atom. The fourth-order valence-electron chi connectivity index (χ4n) is 4.53. The minimum atomic E-state index is -0.255. The maximum Gasteiger partial charge on any atom is 0.224 e. The minimum absolute atomic E-state index is 0.0474. The van der Waals surface area contributed by atoms with Crippen molar-refractivity contribution in [3.05, 3.63) is 65.6 Å². The van der Waals surface area contributed by atoms with Crippen LogP contribution in [0.25, 0.3) is 16.5 Å². The van der Waals surface area contributed by atoms with Gasteiger partial charge in [0.2, 0.25) is 11.8 Å². The van der Waals surface area contributed by atoms with Gasteiger partial charge in [-0.3, -0.25) is 9.59 Å². The molecule has 1 aromatic heterocycles. The Morgan fingerprint density at radius 2 is 2.03 bits per heavy atom. The summed E-state index contributed by atoms with van der Waals surface area (Å²) in [6.45, 7) is 1.73. The van der Waals surface area contributed by atoms with Gasteiger partial charge in [-0.25, -0.2) is 4.39 Å². The van der Waals surface area contributed by atoms with Crippen LogP contribution in [0.5, 0.6) is 5.75 Å². The van der Waals surface area contributed by atoms with Gasteiger partial charge in [0.15, 0.2) is 0 Å². The maximum atomic E-state index is 13.4. The van der Waals surface area contributed by atoms with E-state index in [0.717, 1.165) is 46.3 Å². The lowest BCUT2D eigenvalue weighted by Crippen LogP contribution is -2.34. The number of anilines is 1. The number of ether oxygens (including phenoxy) is 1. The quantitative estimate of drug-likeness (QED) is 0.540. The van der Waals surface area contributed by atoms with Crippen LogP contribution in [0.2, 0.25) is 0 Å². The fourth-order valence-corrected chi connectivity index (χ4v) is 4.53. The number of benzene rings is 2. The fraction of sp³-hybridized carbons (Fsp3) is 0.308. The van der Waals surface area contributed by atoms with Gasteiger partial charge in [0.05, 0.1) is 6.61 Å². The number of carbonyl (C=O) groups is 2. The first kappa shape index (κ1) is 21.2. The molecule has 2 aliphatic rings. The molecule has 2 aliphatic heterocycles. The number of carbonyl (C=O) groups excluding carboxylic acids is 2. The molecule has 0 saturated carbocycles. The molecule has 0 bridgehead atoms. The first-order valence-electron chi connectivity index (χ1n) is 11.4. The van der Waals surface area contributed by atoms with Crippen molar-refractivity contribution in [1.82, 2.24) is 9.88 Å². The molecule has 5 rings (SSSR count). The second-order valence-electron chi connectivity index (χ2n) is 8.53. The summed E-state index contributed by atoms with van der Waals surface area (Å²) >= 11 is 0. The van der Waals surface area contributed by atoms with Gasteiger partial charge in [0.25, 0.3) is 0 Å². The van der Waals surface area contributed by atoms with Gasteiger partial charge in [-0.1, -0.05) is 6.08 Å². The van der Waals surface area contributed by atoms with Crippen LogP contribution in [0, 0.1) is 5.82 Å². The third-order valence-electron chi connectivity index (χ3n) is 6.33. The standard InChI is InChI=1S/C26H26FN3O3/c27-19-4-6-21-22(16-28-24(21)15-19)17-9-11-30(12-10-17)26(32)2-1-13-33-20-5-7-23-18(14-20)3-8-25(31)29-23/h4-7,9,14-16,28H,1-3,8,10-13H2,(H,29,31). The topological polar surface area (TPSA) is 74.4 Å². The number of rotatable bonds is 6. The lowest BCUT2D eigenvalue weighted by molar-refractivity contribution is -0.131. The molecule has 2 N–H and O–H groups in total. The van der Waals surface area contributed by atoms with Gasteiger partial charge in [-0.15, -0.1) is 0 Å². The van der Waals surface area contributed by atoms with Crippen molar-refractivity contribution < 1.29 is 18.7 Å². The number of halogens is 1. The zero-order valence-electron chi connectivity index (χ0n) is 18.3. The van der Waals surface area contributed by atoms with Crippen LogP contribution in [-0.2, 0) is 16.0 Å². The molecular formula is C26H26FN3O3. The highest BCUT2D eigenvalue weighted by molar-refractivity contribution is 5.94. The second kappa shape index (κ2) is 9.10. The van der Waals surface area contributed by atoms with Crippen molar-refractivity contribution >= 4 is 34.0 Å². The number of hydrogen-bond donors (Lipinski definition) is 2. The molecule has 3 aromatic rings. The van der Waals surface area contributed by atoms with Crippen LogP contribution in [0.3, 0.4) is 0 Å². The van der Waals surface area contributed by atoms with Crippen LogP contribution < -0.4 is 10.1 Å². The van der Waals surface area contributed by atoms with E-state index in [0.29, 0.717) is 39.0 Å². The van der Waals surface area contributed by atoms with Crippen LogP contribution in [0.4, 0.5) is 10.1 Å². The van der Waals surface area contributed by atoms with Gasteiger partial charge >= 0.3 is 0 Å². The Balaban J connectivity index is 1.10. The van der Waals surface area contributed by atoms with E-state index in [9.17, 15) is 14.0 Å². The van der Waals surface area contributed by atoms with Gasteiger partial charge in [0, 0.05) is 54.3 Å². The van der Waals surface area contributed by atoms with E-state index >= 15 is 0 Å².